The molecule has 1 amide bonds. The van der Waals surface area contributed by atoms with Crippen LogP contribution in [0.1, 0.15) is 22.9 Å². The van der Waals surface area contributed by atoms with E-state index < -0.39 is 12.5 Å². The number of methoxy groups -OCH3 is 1. The highest BCUT2D eigenvalue weighted by molar-refractivity contribution is 5.94. The summed E-state index contributed by atoms with van der Waals surface area (Å²) in [5.41, 5.74) is 0.856. The number of aromatic nitrogens is 4. The zero-order valence-electron chi connectivity index (χ0n) is 14.2. The fraction of sp³-hybridized carbons (Fsp3) is 0.235. The third-order valence-electron chi connectivity index (χ3n) is 3.81. The van der Waals surface area contributed by atoms with Gasteiger partial charge in [-0.1, -0.05) is 18.2 Å². The smallest absolute Gasteiger partial charge is 0.319 e. The van der Waals surface area contributed by atoms with Crippen molar-refractivity contribution in [2.75, 3.05) is 14.2 Å². The first kappa shape index (κ1) is 17.6. The summed E-state index contributed by atoms with van der Waals surface area (Å²) in [6, 6.07) is 9.24. The van der Waals surface area contributed by atoms with Crippen molar-refractivity contribution in [2.45, 2.75) is 13.1 Å². The Kier molecular flexibility index (Phi) is 4.97. The summed E-state index contributed by atoms with van der Waals surface area (Å²) in [6.45, 7) is -2.81. The van der Waals surface area contributed by atoms with Gasteiger partial charge in [-0.05, 0) is 12.1 Å². The molecular formula is C17H17F2N5O2. The second kappa shape index (κ2) is 7.34. The SMILES string of the molecule is COc1cn(-c2ccccc2)nc1C(=O)N(C)Cc1nccn1C(F)F. The van der Waals surface area contributed by atoms with Crippen LogP contribution in [-0.4, -0.2) is 44.3 Å². The normalized spacial score (nSPS) is 11.0. The van der Waals surface area contributed by atoms with E-state index in [-0.39, 0.29) is 18.1 Å². The largest absolute Gasteiger partial charge is 0.493 e. The number of amides is 1. The van der Waals surface area contributed by atoms with E-state index in [0.717, 1.165) is 5.69 Å². The molecule has 0 bridgehead atoms. The zero-order chi connectivity index (χ0) is 18.7. The highest BCUT2D eigenvalue weighted by atomic mass is 19.3. The molecule has 3 aromatic rings. The van der Waals surface area contributed by atoms with Gasteiger partial charge in [0.1, 0.15) is 5.82 Å². The lowest BCUT2D eigenvalue weighted by atomic mass is 10.3. The van der Waals surface area contributed by atoms with Crippen molar-refractivity contribution in [1.82, 2.24) is 24.2 Å². The molecule has 0 aliphatic rings. The third kappa shape index (κ3) is 3.41. The summed E-state index contributed by atoms with van der Waals surface area (Å²) in [6.07, 6.45) is 4.03. The number of hydrogen-bond donors (Lipinski definition) is 0. The molecule has 0 radical (unpaired) electrons. The van der Waals surface area contributed by atoms with E-state index in [1.807, 2.05) is 30.3 Å². The number of para-hydroxylation sites is 1. The van der Waals surface area contributed by atoms with Crippen LogP contribution in [0.15, 0.2) is 48.9 Å². The molecule has 0 unspecified atom stereocenters. The maximum Gasteiger partial charge on any atom is 0.319 e. The highest BCUT2D eigenvalue weighted by Gasteiger charge is 2.23. The van der Waals surface area contributed by atoms with Gasteiger partial charge in [-0.2, -0.15) is 13.9 Å². The molecule has 1 aromatic carbocycles. The van der Waals surface area contributed by atoms with Crippen LogP contribution in [-0.2, 0) is 6.54 Å². The van der Waals surface area contributed by atoms with E-state index in [4.69, 9.17) is 4.74 Å². The van der Waals surface area contributed by atoms with Crippen LogP contribution in [0.5, 0.6) is 5.75 Å². The summed E-state index contributed by atoms with van der Waals surface area (Å²) < 4.78 is 33.3. The van der Waals surface area contributed by atoms with Gasteiger partial charge in [-0.15, -0.1) is 0 Å². The second-order valence-electron chi connectivity index (χ2n) is 5.52. The molecule has 0 atom stereocenters. The van der Waals surface area contributed by atoms with Crippen LogP contribution in [0.3, 0.4) is 0 Å². The predicted octanol–water partition coefficient (Wildman–Crippen LogP) is 2.74. The fourth-order valence-electron chi connectivity index (χ4n) is 2.48. The average molecular weight is 361 g/mol. The molecule has 0 saturated heterocycles. The summed E-state index contributed by atoms with van der Waals surface area (Å²) >= 11 is 0. The topological polar surface area (TPSA) is 65.2 Å². The quantitative estimate of drug-likeness (QED) is 0.677. The van der Waals surface area contributed by atoms with Crippen molar-refractivity contribution in [1.29, 1.82) is 0 Å². The van der Waals surface area contributed by atoms with Gasteiger partial charge in [-0.25, -0.2) is 9.67 Å². The van der Waals surface area contributed by atoms with Crippen molar-refractivity contribution in [2.24, 2.45) is 0 Å². The second-order valence-corrected chi connectivity index (χ2v) is 5.52. The number of carbonyl (C=O) groups is 1. The molecule has 0 saturated carbocycles. The van der Waals surface area contributed by atoms with Crippen molar-refractivity contribution in [3.8, 4) is 11.4 Å². The predicted molar refractivity (Wildman–Crippen MR) is 89.4 cm³/mol. The monoisotopic (exact) mass is 361 g/mol. The maximum absolute atomic E-state index is 12.9. The van der Waals surface area contributed by atoms with E-state index in [9.17, 15) is 13.6 Å². The Balaban J connectivity index is 1.85. The first-order valence-corrected chi connectivity index (χ1v) is 7.75. The zero-order valence-corrected chi connectivity index (χ0v) is 14.2. The molecule has 0 N–H and O–H groups in total. The standard InChI is InChI=1S/C17H17F2N5O2/c1-22(11-14-20-8-9-23(14)17(18)19)16(25)15-13(26-2)10-24(21-15)12-6-4-3-5-7-12/h3-10,17H,11H2,1-2H3. The van der Waals surface area contributed by atoms with E-state index in [0.29, 0.717) is 10.3 Å². The molecule has 2 aromatic heterocycles. The first-order valence-electron chi connectivity index (χ1n) is 7.75. The lowest BCUT2D eigenvalue weighted by Crippen LogP contribution is -2.28. The molecule has 26 heavy (non-hydrogen) atoms. The Bertz CT molecular complexity index is 892. The molecule has 0 aliphatic heterocycles. The molecule has 9 heteroatoms. The molecule has 7 nitrogen and oxygen atoms in total. The summed E-state index contributed by atoms with van der Waals surface area (Å²) in [5.74, 6) is -0.0828. The van der Waals surface area contributed by atoms with Gasteiger partial charge < -0.3 is 9.64 Å². The Morgan fingerprint density at radius 2 is 2.04 bits per heavy atom. The van der Waals surface area contributed by atoms with Crippen LogP contribution < -0.4 is 4.74 Å². The Morgan fingerprint density at radius 3 is 2.69 bits per heavy atom. The van der Waals surface area contributed by atoms with Crippen LogP contribution in [0, 0.1) is 0 Å². The van der Waals surface area contributed by atoms with Crippen molar-refractivity contribution in [3.63, 3.8) is 0 Å². The van der Waals surface area contributed by atoms with Crippen molar-refractivity contribution in [3.05, 3.63) is 60.4 Å². The lowest BCUT2D eigenvalue weighted by Gasteiger charge is -2.16. The molecule has 0 fully saturated rings. The number of ether oxygens (including phenoxy) is 1. The van der Waals surface area contributed by atoms with Gasteiger partial charge in [-0.3, -0.25) is 9.36 Å². The molecule has 0 spiro atoms. The minimum atomic E-state index is -2.72. The summed E-state index contributed by atoms with van der Waals surface area (Å²) in [4.78, 5) is 17.9. The first-order chi connectivity index (χ1) is 12.5. The van der Waals surface area contributed by atoms with Gasteiger partial charge in [0, 0.05) is 19.4 Å². The van der Waals surface area contributed by atoms with Crippen LogP contribution >= 0.6 is 0 Å². The number of nitrogens with zero attached hydrogens (tertiary/aromatic N) is 5. The number of hydrogen-bond acceptors (Lipinski definition) is 4. The molecular weight excluding hydrogens is 344 g/mol. The minimum absolute atomic E-state index is 0.0808. The Labute approximate surface area is 148 Å². The van der Waals surface area contributed by atoms with Gasteiger partial charge in [0.15, 0.2) is 11.4 Å². The summed E-state index contributed by atoms with van der Waals surface area (Å²) in [5, 5.41) is 4.28. The van der Waals surface area contributed by atoms with Crippen LogP contribution in [0.2, 0.25) is 0 Å². The van der Waals surface area contributed by atoms with Crippen molar-refractivity contribution >= 4 is 5.91 Å². The number of imidazole rings is 1. The van der Waals surface area contributed by atoms with Gasteiger partial charge >= 0.3 is 6.55 Å². The third-order valence-corrected chi connectivity index (χ3v) is 3.81. The van der Waals surface area contributed by atoms with Gasteiger partial charge in [0.05, 0.1) is 25.5 Å². The van der Waals surface area contributed by atoms with E-state index in [1.165, 1.54) is 36.1 Å². The van der Waals surface area contributed by atoms with Gasteiger partial charge in [0.25, 0.3) is 5.91 Å². The van der Waals surface area contributed by atoms with E-state index in [2.05, 4.69) is 10.1 Å². The molecule has 0 aliphatic carbocycles. The highest BCUT2D eigenvalue weighted by Crippen LogP contribution is 2.22. The van der Waals surface area contributed by atoms with Gasteiger partial charge in [0.2, 0.25) is 0 Å². The van der Waals surface area contributed by atoms with Crippen LogP contribution in [0.25, 0.3) is 5.69 Å². The number of alkyl halides is 2. The molecule has 3 rings (SSSR count). The van der Waals surface area contributed by atoms with Crippen LogP contribution in [0.4, 0.5) is 8.78 Å². The minimum Gasteiger partial charge on any atom is -0.493 e. The Hall–Kier alpha value is -3.23. The lowest BCUT2D eigenvalue weighted by molar-refractivity contribution is 0.0610. The summed E-state index contributed by atoms with van der Waals surface area (Å²) in [7, 11) is 2.93. The molecule has 2 heterocycles. The number of carbonyl (C=O) groups excluding carboxylic acids is 1. The van der Waals surface area contributed by atoms with Crippen molar-refractivity contribution < 1.29 is 18.3 Å². The number of halogens is 2. The molecule has 136 valence electrons. The fourth-order valence-corrected chi connectivity index (χ4v) is 2.48. The Morgan fingerprint density at radius 1 is 1.31 bits per heavy atom. The number of benzene rings is 1. The number of rotatable bonds is 6. The maximum atomic E-state index is 12.9. The average Bonchev–Trinajstić information content (AvgIpc) is 3.28. The van der Waals surface area contributed by atoms with E-state index >= 15 is 0 Å². The van der Waals surface area contributed by atoms with E-state index in [1.54, 1.807) is 6.20 Å².